The van der Waals surface area contributed by atoms with E-state index in [0.29, 0.717) is 11.5 Å². The molecule has 0 amide bonds. The van der Waals surface area contributed by atoms with Crippen molar-refractivity contribution in [1.29, 1.82) is 0 Å². The molecule has 4 rings (SSSR count). The van der Waals surface area contributed by atoms with Crippen LogP contribution in [0.25, 0.3) is 11.3 Å². The highest BCUT2D eigenvalue weighted by atomic mass is 79.9. The first kappa shape index (κ1) is 22.8. The maximum atomic E-state index is 5.42. The van der Waals surface area contributed by atoms with E-state index in [9.17, 15) is 0 Å². The van der Waals surface area contributed by atoms with Crippen LogP contribution in [0, 0.1) is 0 Å². The number of rotatable bonds is 7. The zero-order valence-corrected chi connectivity index (χ0v) is 20.8. The van der Waals surface area contributed by atoms with Gasteiger partial charge in [0.25, 0.3) is 0 Å². The van der Waals surface area contributed by atoms with Crippen molar-refractivity contribution in [2.75, 3.05) is 21.3 Å². The quantitative estimate of drug-likeness (QED) is 0.274. The maximum Gasteiger partial charge on any atom is 0.211 e. The number of hydrogen-bond acceptors (Lipinski definition) is 6. The predicted octanol–water partition coefficient (Wildman–Crippen LogP) is 6.12. The summed E-state index contributed by atoms with van der Waals surface area (Å²) in [5, 5.41) is 6.83. The van der Waals surface area contributed by atoms with Gasteiger partial charge in [-0.25, -0.2) is 9.67 Å². The van der Waals surface area contributed by atoms with Gasteiger partial charge in [-0.2, -0.15) is 5.10 Å². The van der Waals surface area contributed by atoms with Crippen molar-refractivity contribution >= 4 is 39.2 Å². The first-order valence-electron chi connectivity index (χ1n) is 10.0. The molecule has 168 valence electrons. The number of hydrogen-bond donors (Lipinski definition) is 0. The van der Waals surface area contributed by atoms with E-state index in [4.69, 9.17) is 24.3 Å². The van der Waals surface area contributed by atoms with Crippen LogP contribution in [0.5, 0.6) is 17.2 Å². The summed E-state index contributed by atoms with van der Waals surface area (Å²) in [7, 11) is 4.87. The fourth-order valence-corrected chi connectivity index (χ4v) is 4.44. The molecule has 0 atom stereocenters. The van der Waals surface area contributed by atoms with E-state index in [1.54, 1.807) is 27.5 Å². The van der Waals surface area contributed by atoms with Gasteiger partial charge < -0.3 is 14.2 Å². The predicted molar refractivity (Wildman–Crippen MR) is 136 cm³/mol. The van der Waals surface area contributed by atoms with Gasteiger partial charge in [-0.1, -0.05) is 34.1 Å². The zero-order valence-electron chi connectivity index (χ0n) is 18.4. The van der Waals surface area contributed by atoms with Crippen LogP contribution in [0.1, 0.15) is 5.56 Å². The molecule has 1 heterocycles. The smallest absolute Gasteiger partial charge is 0.211 e. The molecule has 0 radical (unpaired) electrons. The van der Waals surface area contributed by atoms with Crippen molar-refractivity contribution in [2.24, 2.45) is 10.1 Å². The number of aromatic nitrogens is 1. The molecule has 0 aliphatic rings. The van der Waals surface area contributed by atoms with Crippen LogP contribution >= 0.6 is 27.3 Å². The number of methoxy groups -OCH3 is 3. The van der Waals surface area contributed by atoms with Crippen LogP contribution in [0.2, 0.25) is 0 Å². The summed E-state index contributed by atoms with van der Waals surface area (Å²) < 4.78 is 18.9. The van der Waals surface area contributed by atoms with Gasteiger partial charge in [0.15, 0.2) is 11.5 Å². The Kier molecular flexibility index (Phi) is 7.26. The van der Waals surface area contributed by atoms with Crippen LogP contribution in [0.3, 0.4) is 0 Å². The van der Waals surface area contributed by atoms with Gasteiger partial charge in [0.05, 0.1) is 38.9 Å². The second-order valence-corrected chi connectivity index (χ2v) is 8.65. The Bertz CT molecular complexity index is 1360. The summed E-state index contributed by atoms with van der Waals surface area (Å²) in [6.45, 7) is 0. The molecule has 0 spiro atoms. The maximum absolute atomic E-state index is 5.42. The Morgan fingerprint density at radius 3 is 2.45 bits per heavy atom. The Hall–Kier alpha value is -3.36. The molecular formula is C25H22BrN3O3S. The summed E-state index contributed by atoms with van der Waals surface area (Å²) in [4.78, 5) is 5.55. The molecule has 33 heavy (non-hydrogen) atoms. The lowest BCUT2D eigenvalue weighted by Crippen LogP contribution is -2.11. The van der Waals surface area contributed by atoms with Crippen molar-refractivity contribution in [3.8, 4) is 28.5 Å². The van der Waals surface area contributed by atoms with Crippen LogP contribution in [0.15, 0.2) is 86.7 Å². The Labute approximate surface area is 204 Å². The van der Waals surface area contributed by atoms with Crippen molar-refractivity contribution in [3.05, 3.63) is 86.9 Å². The summed E-state index contributed by atoms with van der Waals surface area (Å²) >= 11 is 5.07. The second kappa shape index (κ2) is 10.5. The SMILES string of the molecule is COc1cccc(N=c2scc(-c3cccc(Br)c3)n2/N=C\c2ccc(OC)c(OC)c2)c1. The average molecular weight is 524 g/mol. The highest BCUT2D eigenvalue weighted by Gasteiger charge is 2.09. The lowest BCUT2D eigenvalue weighted by molar-refractivity contribution is 0.355. The molecule has 0 aliphatic heterocycles. The number of nitrogens with zero attached hydrogens (tertiary/aromatic N) is 3. The van der Waals surface area contributed by atoms with Gasteiger partial charge in [0.1, 0.15) is 5.75 Å². The number of halogens is 1. The normalized spacial score (nSPS) is 11.7. The molecule has 3 aromatic carbocycles. The molecular weight excluding hydrogens is 502 g/mol. The summed E-state index contributed by atoms with van der Waals surface area (Å²) in [6, 6.07) is 21.4. The van der Waals surface area contributed by atoms with Gasteiger partial charge in [-0.15, -0.1) is 11.3 Å². The van der Waals surface area contributed by atoms with E-state index in [1.807, 2.05) is 70.7 Å². The second-order valence-electron chi connectivity index (χ2n) is 6.90. The van der Waals surface area contributed by atoms with Crippen molar-refractivity contribution in [1.82, 2.24) is 4.68 Å². The molecule has 0 saturated heterocycles. The third-order valence-corrected chi connectivity index (χ3v) is 6.12. The minimum absolute atomic E-state index is 0.644. The minimum atomic E-state index is 0.644. The topological polar surface area (TPSA) is 57.3 Å². The average Bonchev–Trinajstić information content (AvgIpc) is 3.24. The molecule has 0 aliphatic carbocycles. The summed E-state index contributed by atoms with van der Waals surface area (Å²) in [5.74, 6) is 2.06. The Morgan fingerprint density at radius 1 is 0.879 bits per heavy atom. The van der Waals surface area contributed by atoms with E-state index in [2.05, 4.69) is 22.0 Å². The molecule has 8 heteroatoms. The van der Waals surface area contributed by atoms with E-state index in [0.717, 1.165) is 37.5 Å². The van der Waals surface area contributed by atoms with Gasteiger partial charge >= 0.3 is 0 Å². The molecule has 0 N–H and O–H groups in total. The van der Waals surface area contributed by atoms with E-state index < -0.39 is 0 Å². The Morgan fingerprint density at radius 2 is 1.70 bits per heavy atom. The molecule has 0 saturated carbocycles. The molecule has 0 unspecified atom stereocenters. The zero-order chi connectivity index (χ0) is 23.2. The van der Waals surface area contributed by atoms with Crippen LogP contribution in [-0.2, 0) is 0 Å². The third-order valence-electron chi connectivity index (χ3n) is 4.81. The minimum Gasteiger partial charge on any atom is -0.497 e. The fourth-order valence-electron chi connectivity index (χ4n) is 3.18. The van der Waals surface area contributed by atoms with Crippen molar-refractivity contribution in [2.45, 2.75) is 0 Å². The van der Waals surface area contributed by atoms with Crippen LogP contribution in [-0.4, -0.2) is 32.2 Å². The van der Waals surface area contributed by atoms with Crippen molar-refractivity contribution < 1.29 is 14.2 Å². The molecule has 0 fully saturated rings. The summed E-state index contributed by atoms with van der Waals surface area (Å²) in [5.41, 5.74) is 3.61. The fraction of sp³-hybridized carbons (Fsp3) is 0.120. The largest absolute Gasteiger partial charge is 0.497 e. The number of thiazole rings is 1. The monoisotopic (exact) mass is 523 g/mol. The molecule has 4 aromatic rings. The highest BCUT2D eigenvalue weighted by Crippen LogP contribution is 2.28. The third kappa shape index (κ3) is 5.35. The van der Waals surface area contributed by atoms with Gasteiger partial charge in [0.2, 0.25) is 4.80 Å². The first-order valence-corrected chi connectivity index (χ1v) is 11.7. The first-order chi connectivity index (χ1) is 16.1. The van der Waals surface area contributed by atoms with E-state index in [1.165, 1.54) is 11.3 Å². The lowest BCUT2D eigenvalue weighted by Gasteiger charge is -2.08. The van der Waals surface area contributed by atoms with Gasteiger partial charge in [-0.3, -0.25) is 0 Å². The molecule has 0 bridgehead atoms. The highest BCUT2D eigenvalue weighted by molar-refractivity contribution is 9.10. The number of ether oxygens (including phenoxy) is 3. The lowest BCUT2D eigenvalue weighted by atomic mass is 10.2. The standard InChI is InChI=1S/C25H22BrN3O3S/c1-30-21-9-5-8-20(14-21)28-25-29(22(16-33-25)18-6-4-7-19(26)13-18)27-15-17-10-11-23(31-2)24(12-17)32-3/h4-16H,1-3H3/b27-15-,28-25?. The van der Waals surface area contributed by atoms with Gasteiger partial charge in [0, 0.05) is 21.5 Å². The Balaban J connectivity index is 1.82. The molecule has 6 nitrogen and oxygen atoms in total. The van der Waals surface area contributed by atoms with Gasteiger partial charge in [-0.05, 0) is 48.0 Å². The van der Waals surface area contributed by atoms with Crippen LogP contribution in [0.4, 0.5) is 5.69 Å². The van der Waals surface area contributed by atoms with E-state index in [-0.39, 0.29) is 0 Å². The van der Waals surface area contributed by atoms with E-state index >= 15 is 0 Å². The van der Waals surface area contributed by atoms with Crippen molar-refractivity contribution in [3.63, 3.8) is 0 Å². The molecule has 1 aromatic heterocycles. The van der Waals surface area contributed by atoms with Crippen LogP contribution < -0.4 is 19.0 Å². The number of benzene rings is 3. The summed E-state index contributed by atoms with van der Waals surface area (Å²) in [6.07, 6.45) is 1.78.